The minimum absolute atomic E-state index is 0.284. The van der Waals surface area contributed by atoms with Crippen molar-refractivity contribution in [3.63, 3.8) is 0 Å². The Hall–Kier alpha value is -0.610. The highest BCUT2D eigenvalue weighted by molar-refractivity contribution is 5.78. The van der Waals surface area contributed by atoms with Crippen LogP contribution in [0.4, 0.5) is 0 Å². The van der Waals surface area contributed by atoms with Crippen LogP contribution in [0.1, 0.15) is 32.1 Å². The maximum Gasteiger partial charge on any atom is 0.236 e. The Labute approximate surface area is 104 Å². The summed E-state index contributed by atoms with van der Waals surface area (Å²) in [6.45, 7) is 3.11. The molecule has 1 atom stereocenters. The summed E-state index contributed by atoms with van der Waals surface area (Å²) >= 11 is 0. The summed E-state index contributed by atoms with van der Waals surface area (Å²) in [7, 11) is 2.04. The molecule has 1 heterocycles. The Kier molecular flexibility index (Phi) is 4.40. The number of hydrogen-bond acceptors (Lipinski definition) is 3. The molecular formula is C13H25N3O. The maximum absolute atomic E-state index is 12.1. The van der Waals surface area contributed by atoms with Crippen molar-refractivity contribution in [1.82, 2.24) is 9.80 Å². The predicted octanol–water partition coefficient (Wildman–Crippen LogP) is 0.668. The van der Waals surface area contributed by atoms with Gasteiger partial charge in [-0.1, -0.05) is 0 Å². The maximum atomic E-state index is 12.1. The molecule has 0 radical (unpaired) electrons. The third kappa shape index (κ3) is 3.42. The van der Waals surface area contributed by atoms with Crippen LogP contribution < -0.4 is 5.73 Å². The molecule has 1 saturated carbocycles. The minimum Gasteiger partial charge on any atom is -0.342 e. The van der Waals surface area contributed by atoms with Crippen LogP contribution >= 0.6 is 0 Å². The fourth-order valence-electron chi connectivity index (χ4n) is 2.79. The Bertz CT molecular complexity index is 259. The van der Waals surface area contributed by atoms with E-state index in [1.807, 2.05) is 11.9 Å². The smallest absolute Gasteiger partial charge is 0.236 e. The van der Waals surface area contributed by atoms with Gasteiger partial charge in [-0.25, -0.2) is 0 Å². The van der Waals surface area contributed by atoms with Gasteiger partial charge in [-0.05, 0) is 45.1 Å². The van der Waals surface area contributed by atoms with Crippen LogP contribution in [0.15, 0.2) is 0 Å². The molecular weight excluding hydrogens is 214 g/mol. The van der Waals surface area contributed by atoms with Crippen molar-refractivity contribution in [3.8, 4) is 0 Å². The first-order valence-corrected chi connectivity index (χ1v) is 6.90. The summed E-state index contributed by atoms with van der Waals surface area (Å²) < 4.78 is 0. The van der Waals surface area contributed by atoms with Crippen molar-refractivity contribution in [2.45, 2.75) is 38.1 Å². The van der Waals surface area contributed by atoms with Gasteiger partial charge in [0.15, 0.2) is 0 Å². The first-order valence-electron chi connectivity index (χ1n) is 6.90. The van der Waals surface area contributed by atoms with E-state index < -0.39 is 0 Å². The van der Waals surface area contributed by atoms with Gasteiger partial charge >= 0.3 is 0 Å². The van der Waals surface area contributed by atoms with Gasteiger partial charge < -0.3 is 10.6 Å². The molecule has 4 heteroatoms. The molecule has 17 heavy (non-hydrogen) atoms. The molecule has 2 N–H and O–H groups in total. The number of likely N-dealkylation sites (N-methyl/N-ethyl adjacent to an activating group) is 1. The molecule has 4 nitrogen and oxygen atoms in total. The lowest BCUT2D eigenvalue weighted by atomic mass is 10.1. The molecule has 0 bridgehead atoms. The van der Waals surface area contributed by atoms with E-state index in [1.165, 1.54) is 32.1 Å². The Morgan fingerprint density at radius 2 is 2.00 bits per heavy atom. The second-order valence-electron chi connectivity index (χ2n) is 5.50. The molecule has 1 saturated heterocycles. The Morgan fingerprint density at radius 3 is 2.53 bits per heavy atom. The molecule has 0 aromatic carbocycles. The molecule has 1 aliphatic carbocycles. The van der Waals surface area contributed by atoms with Crippen LogP contribution in [-0.4, -0.2) is 55.0 Å². The number of amides is 1. The monoisotopic (exact) mass is 239 g/mol. The van der Waals surface area contributed by atoms with Crippen LogP contribution in [-0.2, 0) is 4.79 Å². The number of carbonyl (C=O) groups excluding carboxylic acids is 1. The number of nitrogens with zero attached hydrogens (tertiary/aromatic N) is 2. The number of piperidine rings is 1. The molecule has 0 aromatic heterocycles. The molecule has 2 fully saturated rings. The molecule has 1 aliphatic heterocycles. The van der Waals surface area contributed by atoms with Crippen LogP contribution in [0.25, 0.3) is 0 Å². The quantitative estimate of drug-likeness (QED) is 0.767. The van der Waals surface area contributed by atoms with Crippen molar-refractivity contribution in [3.05, 3.63) is 0 Å². The van der Waals surface area contributed by atoms with Gasteiger partial charge in [-0.2, -0.15) is 0 Å². The average Bonchev–Trinajstić information content (AvgIpc) is 3.15. The highest BCUT2D eigenvalue weighted by atomic mass is 16.2. The predicted molar refractivity (Wildman–Crippen MR) is 68.6 cm³/mol. The third-order valence-electron chi connectivity index (χ3n) is 4.07. The lowest BCUT2D eigenvalue weighted by Crippen LogP contribution is -2.47. The normalized spacial score (nSPS) is 22.9. The zero-order valence-electron chi connectivity index (χ0n) is 10.9. The zero-order valence-corrected chi connectivity index (χ0v) is 10.9. The van der Waals surface area contributed by atoms with Gasteiger partial charge in [0.2, 0.25) is 5.91 Å². The van der Waals surface area contributed by atoms with E-state index >= 15 is 0 Å². The first-order chi connectivity index (χ1) is 8.22. The SMILES string of the molecule is CN(CC(=O)N1CCCCC1)C(CN)C1CC1. The average molecular weight is 239 g/mol. The summed E-state index contributed by atoms with van der Waals surface area (Å²) in [5.41, 5.74) is 5.80. The summed E-state index contributed by atoms with van der Waals surface area (Å²) in [6.07, 6.45) is 6.16. The van der Waals surface area contributed by atoms with Crippen LogP contribution in [0, 0.1) is 5.92 Å². The topological polar surface area (TPSA) is 49.6 Å². The van der Waals surface area contributed by atoms with Crippen molar-refractivity contribution in [1.29, 1.82) is 0 Å². The van der Waals surface area contributed by atoms with E-state index in [-0.39, 0.29) is 5.91 Å². The number of carbonyl (C=O) groups is 1. The Morgan fingerprint density at radius 1 is 1.35 bits per heavy atom. The van der Waals surface area contributed by atoms with Crippen molar-refractivity contribution >= 4 is 5.91 Å². The molecule has 98 valence electrons. The summed E-state index contributed by atoms with van der Waals surface area (Å²) in [6, 6.07) is 0.406. The fraction of sp³-hybridized carbons (Fsp3) is 0.923. The highest BCUT2D eigenvalue weighted by Crippen LogP contribution is 2.34. The lowest BCUT2D eigenvalue weighted by Gasteiger charge is -2.31. The molecule has 2 aliphatic rings. The van der Waals surface area contributed by atoms with Crippen molar-refractivity contribution in [2.24, 2.45) is 11.7 Å². The van der Waals surface area contributed by atoms with Gasteiger partial charge in [-0.3, -0.25) is 9.69 Å². The second-order valence-corrected chi connectivity index (χ2v) is 5.50. The fourth-order valence-corrected chi connectivity index (χ4v) is 2.79. The molecule has 2 rings (SSSR count). The summed E-state index contributed by atoms with van der Waals surface area (Å²) in [5, 5.41) is 0. The first kappa shape index (κ1) is 12.8. The van der Waals surface area contributed by atoms with E-state index in [9.17, 15) is 4.79 Å². The standard InChI is InChI=1S/C13H25N3O/c1-15(12(9-14)11-5-6-11)10-13(17)16-7-3-2-4-8-16/h11-12H,2-10,14H2,1H3. The van der Waals surface area contributed by atoms with Gasteiger partial charge in [0.25, 0.3) is 0 Å². The molecule has 0 spiro atoms. The van der Waals surface area contributed by atoms with Crippen LogP contribution in [0.2, 0.25) is 0 Å². The second kappa shape index (κ2) is 5.83. The molecule has 1 unspecified atom stereocenters. The number of hydrogen-bond donors (Lipinski definition) is 1. The van der Waals surface area contributed by atoms with Gasteiger partial charge in [-0.15, -0.1) is 0 Å². The van der Waals surface area contributed by atoms with Gasteiger partial charge in [0, 0.05) is 25.7 Å². The van der Waals surface area contributed by atoms with E-state index in [2.05, 4.69) is 4.90 Å². The summed E-state index contributed by atoms with van der Waals surface area (Å²) in [5.74, 6) is 1.02. The number of rotatable bonds is 5. The minimum atomic E-state index is 0.284. The van der Waals surface area contributed by atoms with Crippen molar-refractivity contribution in [2.75, 3.05) is 33.2 Å². The van der Waals surface area contributed by atoms with Crippen LogP contribution in [0.3, 0.4) is 0 Å². The van der Waals surface area contributed by atoms with Gasteiger partial charge in [0.05, 0.1) is 6.54 Å². The number of nitrogens with two attached hydrogens (primary N) is 1. The summed E-state index contributed by atoms with van der Waals surface area (Å²) in [4.78, 5) is 16.3. The third-order valence-corrected chi connectivity index (χ3v) is 4.07. The molecule has 1 amide bonds. The number of likely N-dealkylation sites (tertiary alicyclic amines) is 1. The molecule has 0 aromatic rings. The van der Waals surface area contributed by atoms with E-state index in [4.69, 9.17) is 5.73 Å². The van der Waals surface area contributed by atoms with E-state index in [0.29, 0.717) is 19.1 Å². The lowest BCUT2D eigenvalue weighted by molar-refractivity contribution is -0.133. The highest BCUT2D eigenvalue weighted by Gasteiger charge is 2.33. The Balaban J connectivity index is 1.79. The van der Waals surface area contributed by atoms with E-state index in [1.54, 1.807) is 0 Å². The zero-order chi connectivity index (χ0) is 12.3. The van der Waals surface area contributed by atoms with Crippen LogP contribution in [0.5, 0.6) is 0 Å². The van der Waals surface area contributed by atoms with E-state index in [0.717, 1.165) is 19.0 Å². The largest absolute Gasteiger partial charge is 0.342 e. The van der Waals surface area contributed by atoms with Gasteiger partial charge in [0.1, 0.15) is 0 Å². The van der Waals surface area contributed by atoms with Crippen molar-refractivity contribution < 1.29 is 4.79 Å².